The summed E-state index contributed by atoms with van der Waals surface area (Å²) in [6.45, 7) is -0.397. The van der Waals surface area contributed by atoms with Gasteiger partial charge in [0.15, 0.2) is 0 Å². The molecule has 0 aliphatic heterocycles. The number of alkyl halides is 2. The van der Waals surface area contributed by atoms with E-state index in [4.69, 9.17) is 0 Å². The van der Waals surface area contributed by atoms with E-state index in [0.717, 1.165) is 6.26 Å². The first-order chi connectivity index (χ1) is 5.81. The Morgan fingerprint density at radius 1 is 1.54 bits per heavy atom. The molecular weight excluding hydrogens is 202 g/mol. The van der Waals surface area contributed by atoms with Crippen LogP contribution in [0, 0.1) is 5.92 Å². The molecule has 1 saturated carbocycles. The summed E-state index contributed by atoms with van der Waals surface area (Å²) in [6, 6.07) is 0. The molecule has 0 N–H and O–H groups in total. The van der Waals surface area contributed by atoms with Crippen molar-refractivity contribution in [2.45, 2.75) is 25.2 Å². The van der Waals surface area contributed by atoms with Crippen LogP contribution in [0.2, 0.25) is 0 Å². The second kappa shape index (κ2) is 3.49. The zero-order chi connectivity index (χ0) is 10.1. The Hall–Kier alpha value is -0.230. The molecule has 0 heterocycles. The zero-order valence-corrected chi connectivity index (χ0v) is 8.11. The number of halogens is 2. The normalized spacial score (nSPS) is 27.8. The molecule has 0 unspecified atom stereocenters. The lowest BCUT2D eigenvalue weighted by molar-refractivity contribution is -0.0496. The molecule has 3 nitrogen and oxygen atoms in total. The molecule has 0 bridgehead atoms. The van der Waals surface area contributed by atoms with E-state index in [-0.39, 0.29) is 6.42 Å². The van der Waals surface area contributed by atoms with Gasteiger partial charge in [0.1, 0.15) is 0 Å². The van der Waals surface area contributed by atoms with Crippen molar-refractivity contribution < 1.29 is 21.4 Å². The maximum Gasteiger partial charge on any atom is 0.264 e. The van der Waals surface area contributed by atoms with Gasteiger partial charge in [0.25, 0.3) is 16.0 Å². The van der Waals surface area contributed by atoms with Crippen LogP contribution in [-0.4, -0.2) is 27.2 Å². The minimum atomic E-state index is -3.60. The second-order valence-corrected chi connectivity index (χ2v) is 4.98. The highest BCUT2D eigenvalue weighted by atomic mass is 32.2. The summed E-state index contributed by atoms with van der Waals surface area (Å²) in [5, 5.41) is 0. The van der Waals surface area contributed by atoms with Gasteiger partial charge in [-0.2, -0.15) is 8.42 Å². The van der Waals surface area contributed by atoms with Crippen LogP contribution in [0.3, 0.4) is 0 Å². The quantitative estimate of drug-likeness (QED) is 0.667. The Balaban J connectivity index is 2.46. The highest BCUT2D eigenvalue weighted by Crippen LogP contribution is 2.40. The summed E-state index contributed by atoms with van der Waals surface area (Å²) in [4.78, 5) is 0. The molecule has 78 valence electrons. The second-order valence-electron chi connectivity index (χ2n) is 3.34. The van der Waals surface area contributed by atoms with Crippen molar-refractivity contribution in [3.8, 4) is 0 Å². The summed E-state index contributed by atoms with van der Waals surface area (Å²) >= 11 is 0. The van der Waals surface area contributed by atoms with E-state index in [0.29, 0.717) is 12.8 Å². The molecular formula is C7H12F2O3S. The van der Waals surface area contributed by atoms with Crippen LogP contribution in [0.5, 0.6) is 0 Å². The van der Waals surface area contributed by atoms with Crippen LogP contribution in [-0.2, 0) is 14.3 Å². The van der Waals surface area contributed by atoms with E-state index in [2.05, 4.69) is 4.18 Å². The Morgan fingerprint density at radius 3 is 2.54 bits per heavy atom. The smallest absolute Gasteiger partial charge is 0.264 e. The minimum Gasteiger partial charge on any atom is -0.270 e. The SMILES string of the molecule is CS(=O)(=O)OC[C@@H]1CCCC1(F)F. The van der Waals surface area contributed by atoms with E-state index in [1.165, 1.54) is 0 Å². The average Bonchev–Trinajstić information content (AvgIpc) is 2.23. The highest BCUT2D eigenvalue weighted by Gasteiger charge is 2.44. The summed E-state index contributed by atoms with van der Waals surface area (Å²) < 4.78 is 51.2. The molecule has 0 spiro atoms. The molecule has 1 aliphatic carbocycles. The van der Waals surface area contributed by atoms with Gasteiger partial charge in [-0.1, -0.05) is 0 Å². The molecule has 0 aromatic carbocycles. The van der Waals surface area contributed by atoms with Crippen LogP contribution in [0.4, 0.5) is 8.78 Å². The van der Waals surface area contributed by atoms with Crippen molar-refractivity contribution in [3.05, 3.63) is 0 Å². The fourth-order valence-corrected chi connectivity index (χ4v) is 1.82. The first kappa shape index (κ1) is 10.8. The fraction of sp³-hybridized carbons (Fsp3) is 1.00. The highest BCUT2D eigenvalue weighted by molar-refractivity contribution is 7.85. The van der Waals surface area contributed by atoms with E-state index in [1.807, 2.05) is 0 Å². The van der Waals surface area contributed by atoms with Gasteiger partial charge in [0.05, 0.1) is 12.9 Å². The van der Waals surface area contributed by atoms with Crippen LogP contribution in [0.1, 0.15) is 19.3 Å². The molecule has 0 radical (unpaired) electrons. The molecule has 13 heavy (non-hydrogen) atoms. The van der Waals surface area contributed by atoms with Crippen LogP contribution in [0.25, 0.3) is 0 Å². The molecule has 1 atom stereocenters. The van der Waals surface area contributed by atoms with E-state index in [9.17, 15) is 17.2 Å². The maximum absolute atomic E-state index is 12.9. The summed E-state index contributed by atoms with van der Waals surface area (Å²) in [5.41, 5.74) is 0. The van der Waals surface area contributed by atoms with Crippen molar-refractivity contribution >= 4 is 10.1 Å². The standard InChI is InChI=1S/C7H12F2O3S/c1-13(10,11)12-5-6-3-2-4-7(6,8)9/h6H,2-5H2,1H3/t6-/m0/s1. The van der Waals surface area contributed by atoms with Crippen molar-refractivity contribution in [2.75, 3.05) is 12.9 Å². The van der Waals surface area contributed by atoms with Crippen LogP contribution >= 0.6 is 0 Å². The third-order valence-corrected chi connectivity index (χ3v) is 2.71. The van der Waals surface area contributed by atoms with Gasteiger partial charge in [-0.05, 0) is 12.8 Å². The molecule has 1 aliphatic rings. The van der Waals surface area contributed by atoms with E-state index < -0.39 is 28.6 Å². The Morgan fingerprint density at radius 2 is 2.15 bits per heavy atom. The Bertz CT molecular complexity index is 273. The molecule has 0 aromatic heterocycles. The molecule has 0 saturated heterocycles. The number of rotatable bonds is 3. The van der Waals surface area contributed by atoms with Crippen LogP contribution in [0.15, 0.2) is 0 Å². The van der Waals surface area contributed by atoms with Crippen molar-refractivity contribution in [1.82, 2.24) is 0 Å². The third-order valence-electron chi connectivity index (χ3n) is 2.14. The lowest BCUT2D eigenvalue weighted by Gasteiger charge is -2.17. The predicted molar refractivity (Wildman–Crippen MR) is 43.1 cm³/mol. The Labute approximate surface area is 76.2 Å². The van der Waals surface area contributed by atoms with Gasteiger partial charge < -0.3 is 0 Å². The van der Waals surface area contributed by atoms with Gasteiger partial charge in [0.2, 0.25) is 0 Å². The van der Waals surface area contributed by atoms with Crippen molar-refractivity contribution in [3.63, 3.8) is 0 Å². The molecule has 0 amide bonds. The number of hydrogen-bond acceptors (Lipinski definition) is 3. The molecule has 1 fully saturated rings. The van der Waals surface area contributed by atoms with Crippen molar-refractivity contribution in [2.24, 2.45) is 5.92 Å². The predicted octanol–water partition coefficient (Wildman–Crippen LogP) is 1.40. The lowest BCUT2D eigenvalue weighted by atomic mass is 10.1. The summed E-state index contributed by atoms with van der Waals surface area (Å²) in [5.74, 6) is -3.70. The lowest BCUT2D eigenvalue weighted by Crippen LogP contribution is -2.26. The van der Waals surface area contributed by atoms with E-state index in [1.54, 1.807) is 0 Å². The fourth-order valence-electron chi connectivity index (χ4n) is 1.41. The van der Waals surface area contributed by atoms with Gasteiger partial charge in [-0.25, -0.2) is 8.78 Å². The van der Waals surface area contributed by atoms with Crippen molar-refractivity contribution in [1.29, 1.82) is 0 Å². The Kier molecular flexibility index (Phi) is 2.91. The average molecular weight is 214 g/mol. The first-order valence-corrected chi connectivity index (χ1v) is 5.85. The number of hydrogen-bond donors (Lipinski definition) is 0. The molecule has 6 heteroatoms. The third kappa shape index (κ3) is 3.19. The first-order valence-electron chi connectivity index (χ1n) is 4.03. The molecule has 0 aromatic rings. The monoisotopic (exact) mass is 214 g/mol. The van der Waals surface area contributed by atoms with E-state index >= 15 is 0 Å². The summed E-state index contributed by atoms with van der Waals surface area (Å²) in [7, 11) is -3.60. The maximum atomic E-state index is 12.9. The van der Waals surface area contributed by atoms with Gasteiger partial charge in [-0.15, -0.1) is 0 Å². The molecule has 1 rings (SSSR count). The van der Waals surface area contributed by atoms with Gasteiger partial charge in [0, 0.05) is 12.3 Å². The zero-order valence-electron chi connectivity index (χ0n) is 7.29. The summed E-state index contributed by atoms with van der Waals surface area (Å²) in [6.07, 6.45) is 1.47. The topological polar surface area (TPSA) is 43.4 Å². The van der Waals surface area contributed by atoms with Crippen LogP contribution < -0.4 is 0 Å². The minimum absolute atomic E-state index is 0.162. The van der Waals surface area contributed by atoms with Gasteiger partial charge >= 0.3 is 0 Å². The largest absolute Gasteiger partial charge is 0.270 e. The van der Waals surface area contributed by atoms with Gasteiger partial charge in [-0.3, -0.25) is 4.18 Å².